The van der Waals surface area contributed by atoms with Gasteiger partial charge >= 0.3 is 0 Å². The van der Waals surface area contributed by atoms with Crippen LogP contribution in [-0.2, 0) is 13.1 Å². The number of benzene rings is 2. The van der Waals surface area contributed by atoms with Crippen molar-refractivity contribution in [2.75, 3.05) is 14.2 Å². The lowest BCUT2D eigenvalue weighted by Crippen LogP contribution is -2.17. The van der Waals surface area contributed by atoms with Crippen molar-refractivity contribution < 1.29 is 9.66 Å². The fourth-order valence-electron chi connectivity index (χ4n) is 2.30. The van der Waals surface area contributed by atoms with Gasteiger partial charge in [0.2, 0.25) is 0 Å². The van der Waals surface area contributed by atoms with Crippen LogP contribution in [0.1, 0.15) is 11.1 Å². The molecule has 0 bridgehead atoms. The molecule has 0 amide bonds. The number of nitro benzene ring substituents is 1. The van der Waals surface area contributed by atoms with Gasteiger partial charge in [-0.15, -0.1) is 0 Å². The maximum Gasteiger partial charge on any atom is 0.269 e. The smallest absolute Gasteiger partial charge is 0.269 e. The summed E-state index contributed by atoms with van der Waals surface area (Å²) < 4.78 is 6.36. The summed E-state index contributed by atoms with van der Waals surface area (Å²) in [5, 5.41) is 10.8. The monoisotopic (exact) mass is 364 g/mol. The molecule has 0 atom stereocenters. The molecule has 22 heavy (non-hydrogen) atoms. The lowest BCUT2D eigenvalue weighted by atomic mass is 10.1. The molecule has 0 spiro atoms. The zero-order chi connectivity index (χ0) is 16.1. The molecule has 0 aliphatic heterocycles. The third-order valence-corrected chi connectivity index (χ3v) is 3.75. The van der Waals surface area contributed by atoms with Crippen molar-refractivity contribution in [1.29, 1.82) is 0 Å². The molecule has 0 N–H and O–H groups in total. The second kappa shape index (κ2) is 7.38. The second-order valence-corrected chi connectivity index (χ2v) is 5.97. The van der Waals surface area contributed by atoms with Crippen LogP contribution in [0.4, 0.5) is 5.69 Å². The summed E-state index contributed by atoms with van der Waals surface area (Å²) in [7, 11) is 3.62. The Kier molecular flexibility index (Phi) is 5.51. The van der Waals surface area contributed by atoms with Gasteiger partial charge in [0.15, 0.2) is 0 Å². The number of rotatable bonds is 6. The average Bonchev–Trinajstić information content (AvgIpc) is 2.47. The molecule has 0 aliphatic rings. The first-order valence-electron chi connectivity index (χ1n) is 6.74. The van der Waals surface area contributed by atoms with Crippen LogP contribution in [0.25, 0.3) is 0 Å². The molecule has 2 aromatic carbocycles. The zero-order valence-electron chi connectivity index (χ0n) is 12.5. The van der Waals surface area contributed by atoms with E-state index in [9.17, 15) is 10.1 Å². The minimum Gasteiger partial charge on any atom is -0.496 e. The number of halogens is 1. The maximum absolute atomic E-state index is 10.8. The molecule has 0 aliphatic carbocycles. The number of methoxy groups -OCH3 is 1. The Hall–Kier alpha value is -1.92. The fourth-order valence-corrected chi connectivity index (χ4v) is 2.71. The van der Waals surface area contributed by atoms with Crippen LogP contribution in [-0.4, -0.2) is 24.0 Å². The van der Waals surface area contributed by atoms with E-state index in [0.717, 1.165) is 21.3 Å². The summed E-state index contributed by atoms with van der Waals surface area (Å²) in [5.74, 6) is 0.828. The molecule has 2 aromatic rings. The van der Waals surface area contributed by atoms with Gasteiger partial charge in [-0.25, -0.2) is 0 Å². The molecule has 0 unspecified atom stereocenters. The van der Waals surface area contributed by atoms with E-state index in [4.69, 9.17) is 4.74 Å². The first kappa shape index (κ1) is 16.5. The highest BCUT2D eigenvalue weighted by Crippen LogP contribution is 2.24. The zero-order valence-corrected chi connectivity index (χ0v) is 14.0. The Morgan fingerprint density at radius 3 is 2.68 bits per heavy atom. The van der Waals surface area contributed by atoms with E-state index in [-0.39, 0.29) is 10.6 Å². The van der Waals surface area contributed by atoms with Gasteiger partial charge in [0, 0.05) is 35.3 Å². The van der Waals surface area contributed by atoms with E-state index in [1.165, 1.54) is 6.07 Å². The van der Waals surface area contributed by atoms with E-state index in [0.29, 0.717) is 13.1 Å². The summed E-state index contributed by atoms with van der Waals surface area (Å²) in [6.07, 6.45) is 0. The first-order chi connectivity index (χ1) is 10.5. The van der Waals surface area contributed by atoms with Gasteiger partial charge in [0.05, 0.1) is 12.0 Å². The van der Waals surface area contributed by atoms with Crippen molar-refractivity contribution in [3.8, 4) is 5.75 Å². The number of nitro groups is 1. The maximum atomic E-state index is 10.8. The van der Waals surface area contributed by atoms with Crippen LogP contribution in [0.3, 0.4) is 0 Å². The number of hydrogen-bond acceptors (Lipinski definition) is 4. The quantitative estimate of drug-likeness (QED) is 0.574. The second-order valence-electron chi connectivity index (χ2n) is 5.06. The van der Waals surface area contributed by atoms with Gasteiger partial charge in [-0.1, -0.05) is 28.1 Å². The van der Waals surface area contributed by atoms with E-state index >= 15 is 0 Å². The molecule has 0 saturated heterocycles. The fraction of sp³-hybridized carbons (Fsp3) is 0.250. The third-order valence-electron chi connectivity index (χ3n) is 3.26. The lowest BCUT2D eigenvalue weighted by Gasteiger charge is -2.18. The Bertz CT molecular complexity index is 676. The highest BCUT2D eigenvalue weighted by Gasteiger charge is 2.10. The Balaban J connectivity index is 2.10. The highest BCUT2D eigenvalue weighted by atomic mass is 79.9. The summed E-state index contributed by atoms with van der Waals surface area (Å²) in [6.45, 7) is 1.31. The number of non-ortho nitro benzene ring substituents is 1. The molecule has 0 heterocycles. The molecule has 6 heteroatoms. The Morgan fingerprint density at radius 1 is 1.23 bits per heavy atom. The van der Waals surface area contributed by atoms with Crippen molar-refractivity contribution in [2.45, 2.75) is 13.1 Å². The summed E-state index contributed by atoms with van der Waals surface area (Å²) in [4.78, 5) is 12.5. The predicted molar refractivity (Wildman–Crippen MR) is 89.0 cm³/mol. The average molecular weight is 365 g/mol. The Morgan fingerprint density at radius 2 is 2.00 bits per heavy atom. The normalized spacial score (nSPS) is 10.7. The summed E-state index contributed by atoms with van der Waals surface area (Å²) in [6, 6.07) is 12.6. The molecule has 0 aromatic heterocycles. The van der Waals surface area contributed by atoms with Crippen molar-refractivity contribution in [2.24, 2.45) is 0 Å². The number of ether oxygens (including phenoxy) is 1. The van der Waals surface area contributed by atoms with Crippen LogP contribution in [0.2, 0.25) is 0 Å². The van der Waals surface area contributed by atoms with Crippen molar-refractivity contribution in [3.05, 3.63) is 68.2 Å². The summed E-state index contributed by atoms with van der Waals surface area (Å²) in [5.41, 5.74) is 2.08. The molecular weight excluding hydrogens is 348 g/mol. The minimum atomic E-state index is -0.374. The minimum absolute atomic E-state index is 0.117. The van der Waals surface area contributed by atoms with Gasteiger partial charge in [-0.2, -0.15) is 0 Å². The highest BCUT2D eigenvalue weighted by molar-refractivity contribution is 9.10. The molecule has 2 rings (SSSR count). The van der Waals surface area contributed by atoms with Gasteiger partial charge in [0.25, 0.3) is 5.69 Å². The summed E-state index contributed by atoms with van der Waals surface area (Å²) >= 11 is 3.46. The molecule has 0 fully saturated rings. The predicted octanol–water partition coefficient (Wildman–Crippen LogP) is 4.00. The molecule has 116 valence electrons. The van der Waals surface area contributed by atoms with E-state index in [1.807, 2.05) is 31.3 Å². The van der Waals surface area contributed by atoms with Gasteiger partial charge in [-0.3, -0.25) is 15.0 Å². The molecule has 0 saturated carbocycles. The standard InChI is InChI=1S/C16H17BrN2O3/c1-18(10-12-4-3-5-15(8-12)19(20)21)11-13-9-14(17)6-7-16(13)22-2/h3-9H,10-11H2,1-2H3. The Labute approximate surface area is 137 Å². The van der Waals surface area contributed by atoms with Gasteiger partial charge in [0.1, 0.15) is 5.75 Å². The van der Waals surface area contributed by atoms with Crippen LogP contribution in [0.15, 0.2) is 46.9 Å². The molecular formula is C16H17BrN2O3. The van der Waals surface area contributed by atoms with Gasteiger partial charge in [-0.05, 0) is 30.8 Å². The van der Waals surface area contributed by atoms with E-state index in [1.54, 1.807) is 19.2 Å². The van der Waals surface area contributed by atoms with E-state index < -0.39 is 0 Å². The SMILES string of the molecule is COc1ccc(Br)cc1CN(C)Cc1cccc([N+](=O)[O-])c1. The lowest BCUT2D eigenvalue weighted by molar-refractivity contribution is -0.384. The van der Waals surface area contributed by atoms with Crippen LogP contribution in [0, 0.1) is 10.1 Å². The van der Waals surface area contributed by atoms with Crippen LogP contribution in [0.5, 0.6) is 5.75 Å². The van der Waals surface area contributed by atoms with Crippen molar-refractivity contribution >= 4 is 21.6 Å². The molecule has 5 nitrogen and oxygen atoms in total. The van der Waals surface area contributed by atoms with Crippen molar-refractivity contribution in [3.63, 3.8) is 0 Å². The number of nitrogens with zero attached hydrogens (tertiary/aromatic N) is 2. The molecule has 0 radical (unpaired) electrons. The van der Waals surface area contributed by atoms with Crippen LogP contribution >= 0.6 is 15.9 Å². The topological polar surface area (TPSA) is 55.6 Å². The third kappa shape index (κ3) is 4.29. The van der Waals surface area contributed by atoms with Crippen molar-refractivity contribution in [1.82, 2.24) is 4.90 Å². The number of hydrogen-bond donors (Lipinski definition) is 0. The van der Waals surface area contributed by atoms with E-state index in [2.05, 4.69) is 20.8 Å². The largest absolute Gasteiger partial charge is 0.496 e. The van der Waals surface area contributed by atoms with Gasteiger partial charge < -0.3 is 4.74 Å². The first-order valence-corrected chi connectivity index (χ1v) is 7.53. The van der Waals surface area contributed by atoms with Crippen LogP contribution < -0.4 is 4.74 Å².